The lowest BCUT2D eigenvalue weighted by Crippen LogP contribution is -2.45. The monoisotopic (exact) mass is 366 g/mol. The predicted octanol–water partition coefficient (Wildman–Crippen LogP) is 3.44. The fourth-order valence-electron chi connectivity index (χ4n) is 2.62. The lowest BCUT2D eigenvalue weighted by molar-refractivity contribution is -0.138. The van der Waals surface area contributed by atoms with Crippen LogP contribution < -0.4 is 5.32 Å². The molecule has 1 saturated heterocycles. The average Bonchev–Trinajstić information content (AvgIpc) is 2.43. The summed E-state index contributed by atoms with van der Waals surface area (Å²) in [5.41, 5.74) is 0.551. The molecule has 0 aromatic heterocycles. The fourth-order valence-corrected chi connectivity index (χ4v) is 3.00. The predicted molar refractivity (Wildman–Crippen MR) is 78.3 cm³/mol. The van der Waals surface area contributed by atoms with Gasteiger partial charge in [-0.3, -0.25) is 4.90 Å². The summed E-state index contributed by atoms with van der Waals surface area (Å²) in [5.74, 6) is 0.0453. The third-order valence-corrected chi connectivity index (χ3v) is 4.14. The van der Waals surface area contributed by atoms with Crippen LogP contribution in [-0.2, 0) is 0 Å². The Morgan fingerprint density at radius 2 is 1.95 bits per heavy atom. The van der Waals surface area contributed by atoms with E-state index in [-0.39, 0.29) is 12.2 Å². The van der Waals surface area contributed by atoms with Crippen molar-refractivity contribution in [1.29, 1.82) is 0 Å². The summed E-state index contributed by atoms with van der Waals surface area (Å²) in [6, 6.07) is 4.48. The van der Waals surface area contributed by atoms with Crippen molar-refractivity contribution >= 4 is 15.9 Å². The van der Waals surface area contributed by atoms with Crippen molar-refractivity contribution in [2.24, 2.45) is 0 Å². The molecule has 1 fully saturated rings. The Kier molecular flexibility index (Phi) is 5.51. The van der Waals surface area contributed by atoms with Crippen LogP contribution in [0.15, 0.2) is 22.7 Å². The van der Waals surface area contributed by atoms with Gasteiger partial charge in [-0.1, -0.05) is 15.9 Å². The molecule has 1 aromatic rings. The van der Waals surface area contributed by atoms with Crippen LogP contribution in [0.5, 0.6) is 5.75 Å². The highest BCUT2D eigenvalue weighted by molar-refractivity contribution is 9.10. The number of nitrogens with zero attached hydrogens (tertiary/aromatic N) is 1. The van der Waals surface area contributed by atoms with Crippen LogP contribution in [0.25, 0.3) is 0 Å². The summed E-state index contributed by atoms with van der Waals surface area (Å²) in [4.78, 5) is 2.00. The zero-order valence-electron chi connectivity index (χ0n) is 11.5. The summed E-state index contributed by atoms with van der Waals surface area (Å²) < 4.78 is 38.5. The SMILES string of the molecule is Oc1ccc(Br)cc1[C@@H](CCC(F)(F)F)N1CCNCC1. The molecule has 0 unspecified atom stereocenters. The molecule has 0 spiro atoms. The van der Waals surface area contributed by atoms with Crippen molar-refractivity contribution in [1.82, 2.24) is 10.2 Å². The second kappa shape index (κ2) is 6.98. The topological polar surface area (TPSA) is 35.5 Å². The second-order valence-corrected chi connectivity index (χ2v) is 6.07. The van der Waals surface area contributed by atoms with Gasteiger partial charge in [-0.2, -0.15) is 13.2 Å². The Morgan fingerprint density at radius 1 is 1.29 bits per heavy atom. The van der Waals surface area contributed by atoms with Gasteiger partial charge in [-0.15, -0.1) is 0 Å². The molecule has 2 rings (SSSR count). The summed E-state index contributed by atoms with van der Waals surface area (Å²) in [6.07, 6.45) is -5.09. The van der Waals surface area contributed by atoms with E-state index in [1.165, 1.54) is 6.07 Å². The molecule has 0 amide bonds. The van der Waals surface area contributed by atoms with Gasteiger partial charge in [0.15, 0.2) is 0 Å². The van der Waals surface area contributed by atoms with Gasteiger partial charge in [0.2, 0.25) is 0 Å². The Labute approximate surface area is 130 Å². The van der Waals surface area contributed by atoms with Crippen LogP contribution in [0.3, 0.4) is 0 Å². The number of phenols is 1. The largest absolute Gasteiger partial charge is 0.508 e. The van der Waals surface area contributed by atoms with Gasteiger partial charge in [-0.05, 0) is 24.6 Å². The van der Waals surface area contributed by atoms with Gasteiger partial charge in [0.05, 0.1) is 0 Å². The highest BCUT2D eigenvalue weighted by atomic mass is 79.9. The molecule has 3 nitrogen and oxygen atoms in total. The summed E-state index contributed by atoms with van der Waals surface area (Å²) in [7, 11) is 0. The summed E-state index contributed by atoms with van der Waals surface area (Å²) in [6.45, 7) is 2.84. The van der Waals surface area contributed by atoms with E-state index in [0.717, 1.165) is 17.6 Å². The molecule has 7 heteroatoms. The number of hydrogen-bond acceptors (Lipinski definition) is 3. The Bertz CT molecular complexity index is 476. The highest BCUT2D eigenvalue weighted by Crippen LogP contribution is 2.36. The Balaban J connectivity index is 2.23. The smallest absolute Gasteiger partial charge is 0.389 e. The molecule has 0 bridgehead atoms. The average molecular weight is 367 g/mol. The first-order valence-electron chi connectivity index (χ1n) is 6.87. The van der Waals surface area contributed by atoms with Crippen molar-refractivity contribution in [3.8, 4) is 5.75 Å². The standard InChI is InChI=1S/C14H18BrF3N2O/c15-10-1-2-13(21)11(9-10)12(3-4-14(16,17)18)20-7-5-19-6-8-20/h1-2,9,12,19,21H,3-8H2/t12-/m1/s1. The van der Waals surface area contributed by atoms with E-state index in [1.54, 1.807) is 12.1 Å². The van der Waals surface area contributed by atoms with Crippen LogP contribution in [0.1, 0.15) is 24.4 Å². The van der Waals surface area contributed by atoms with Crippen LogP contribution >= 0.6 is 15.9 Å². The number of piperazine rings is 1. The lowest BCUT2D eigenvalue weighted by atomic mass is 9.98. The first kappa shape index (κ1) is 16.6. The van der Waals surface area contributed by atoms with Crippen molar-refractivity contribution < 1.29 is 18.3 Å². The van der Waals surface area contributed by atoms with Crippen molar-refractivity contribution in [3.63, 3.8) is 0 Å². The maximum absolute atomic E-state index is 12.6. The molecule has 0 aliphatic carbocycles. The number of halogens is 4. The number of phenolic OH excluding ortho intramolecular Hbond substituents is 1. The zero-order valence-corrected chi connectivity index (χ0v) is 13.0. The van der Waals surface area contributed by atoms with E-state index in [2.05, 4.69) is 21.2 Å². The van der Waals surface area contributed by atoms with E-state index in [9.17, 15) is 18.3 Å². The number of rotatable bonds is 4. The molecule has 1 aliphatic rings. The minimum Gasteiger partial charge on any atom is -0.508 e. The van der Waals surface area contributed by atoms with E-state index in [4.69, 9.17) is 0 Å². The van der Waals surface area contributed by atoms with Crippen LogP contribution in [0, 0.1) is 0 Å². The molecule has 1 atom stereocenters. The molecule has 2 N–H and O–H groups in total. The quantitative estimate of drug-likeness (QED) is 0.856. The molecule has 1 heterocycles. The van der Waals surface area contributed by atoms with Gasteiger partial charge >= 0.3 is 6.18 Å². The maximum atomic E-state index is 12.6. The van der Waals surface area contributed by atoms with Gasteiger partial charge in [-0.25, -0.2) is 0 Å². The number of aromatic hydroxyl groups is 1. The van der Waals surface area contributed by atoms with Crippen LogP contribution in [-0.4, -0.2) is 42.4 Å². The van der Waals surface area contributed by atoms with E-state index in [0.29, 0.717) is 18.7 Å². The van der Waals surface area contributed by atoms with Gasteiger partial charge in [0.1, 0.15) is 5.75 Å². The summed E-state index contributed by atoms with van der Waals surface area (Å²) >= 11 is 3.32. The Hall–Kier alpha value is -0.790. The number of nitrogens with one attached hydrogen (secondary N) is 1. The first-order valence-corrected chi connectivity index (χ1v) is 7.66. The summed E-state index contributed by atoms with van der Waals surface area (Å²) in [5, 5.41) is 13.2. The van der Waals surface area contributed by atoms with Crippen molar-refractivity contribution in [3.05, 3.63) is 28.2 Å². The molecular formula is C14H18BrF3N2O. The third kappa shape index (κ3) is 4.86. The zero-order chi connectivity index (χ0) is 15.5. The van der Waals surface area contributed by atoms with Crippen LogP contribution in [0.4, 0.5) is 13.2 Å². The highest BCUT2D eigenvalue weighted by Gasteiger charge is 2.32. The molecule has 1 aromatic carbocycles. The lowest BCUT2D eigenvalue weighted by Gasteiger charge is -2.35. The third-order valence-electron chi connectivity index (χ3n) is 3.64. The maximum Gasteiger partial charge on any atom is 0.389 e. The number of benzene rings is 1. The van der Waals surface area contributed by atoms with Gasteiger partial charge in [0, 0.05) is 48.7 Å². The van der Waals surface area contributed by atoms with E-state index >= 15 is 0 Å². The molecular weight excluding hydrogens is 349 g/mol. The van der Waals surface area contributed by atoms with Crippen molar-refractivity contribution in [2.45, 2.75) is 25.1 Å². The van der Waals surface area contributed by atoms with Gasteiger partial charge in [0.25, 0.3) is 0 Å². The normalized spacial score (nSPS) is 18.7. The number of hydrogen-bond donors (Lipinski definition) is 2. The van der Waals surface area contributed by atoms with Crippen molar-refractivity contribution in [2.75, 3.05) is 26.2 Å². The fraction of sp³-hybridized carbons (Fsp3) is 0.571. The second-order valence-electron chi connectivity index (χ2n) is 5.16. The molecule has 21 heavy (non-hydrogen) atoms. The first-order chi connectivity index (χ1) is 9.87. The molecule has 1 aliphatic heterocycles. The molecule has 0 saturated carbocycles. The molecule has 118 valence electrons. The minimum absolute atomic E-state index is 0.0453. The van der Waals surface area contributed by atoms with E-state index < -0.39 is 18.6 Å². The molecule has 0 radical (unpaired) electrons. The number of alkyl halides is 3. The van der Waals surface area contributed by atoms with E-state index in [1.807, 2.05) is 4.90 Å². The minimum atomic E-state index is -4.19. The van der Waals surface area contributed by atoms with Crippen LogP contribution in [0.2, 0.25) is 0 Å². The Morgan fingerprint density at radius 3 is 2.57 bits per heavy atom. The van der Waals surface area contributed by atoms with Gasteiger partial charge < -0.3 is 10.4 Å².